The molecule has 2 amide bonds. The highest BCUT2D eigenvalue weighted by Gasteiger charge is 2.45. The molecule has 6 rings (SSSR count). The van der Waals surface area contributed by atoms with E-state index in [2.05, 4.69) is 36.2 Å². The van der Waals surface area contributed by atoms with E-state index < -0.39 is 17.8 Å². The number of nitrogens with zero attached hydrogens (tertiary/aromatic N) is 5. The van der Waals surface area contributed by atoms with Crippen molar-refractivity contribution in [3.05, 3.63) is 30.2 Å². The second-order valence-electron chi connectivity index (χ2n) is 11.8. The number of piperidine rings is 2. The van der Waals surface area contributed by atoms with Crippen LogP contribution in [0, 0.1) is 11.8 Å². The fourth-order valence-corrected chi connectivity index (χ4v) is 6.46. The van der Waals surface area contributed by atoms with Gasteiger partial charge in [-0.05, 0) is 50.0 Å². The quantitative estimate of drug-likeness (QED) is 0.502. The van der Waals surface area contributed by atoms with Crippen LogP contribution in [0.4, 0.5) is 15.0 Å². The predicted octanol–water partition coefficient (Wildman–Crippen LogP) is 2.94. The number of anilines is 1. The van der Waals surface area contributed by atoms with Gasteiger partial charge in [-0.1, -0.05) is 20.4 Å². The number of fused-ring (bicyclic) bond motifs is 3. The van der Waals surface area contributed by atoms with Gasteiger partial charge in [-0.25, -0.2) is 9.18 Å². The number of ether oxygens (including phenoxy) is 2. The molecule has 3 atom stereocenters. The number of likely N-dealkylation sites (tertiary alicyclic amines) is 2. The van der Waals surface area contributed by atoms with Crippen molar-refractivity contribution in [2.24, 2.45) is 11.8 Å². The molecule has 2 bridgehead atoms. The molecule has 4 fully saturated rings. The first-order chi connectivity index (χ1) is 19.3. The predicted molar refractivity (Wildman–Crippen MR) is 146 cm³/mol. The topological polar surface area (TPSA) is 113 Å². The van der Waals surface area contributed by atoms with Gasteiger partial charge in [0.15, 0.2) is 11.5 Å². The number of halogens is 1. The minimum Gasteiger partial charge on any atom is -0.473 e. The Bertz CT molecular complexity index is 1270. The summed E-state index contributed by atoms with van der Waals surface area (Å²) >= 11 is 0. The average molecular weight is 556 g/mol. The number of hydrogen-bond donors (Lipinski definition) is 2. The first kappa shape index (κ1) is 26.8. The second kappa shape index (κ2) is 10.9. The zero-order chi connectivity index (χ0) is 28.0. The number of hydrogen-bond acceptors (Lipinski definition) is 8. The molecule has 3 aliphatic heterocycles. The third kappa shape index (κ3) is 5.21. The molecule has 3 saturated heterocycles. The number of aromatic nitrogens is 3. The molecule has 11 nitrogen and oxygen atoms in total. The molecule has 2 N–H and O–H groups in total. The lowest BCUT2D eigenvalue weighted by atomic mass is 9.92. The summed E-state index contributed by atoms with van der Waals surface area (Å²) in [5, 5.41) is 11.8. The standard InChI is InChI=1S/C28H38FN7O4/c1-16(2)22-11-31-36-23(9-24(33-26(22)36)39-20-5-4-8-30-10-20)32-25-18-6-7-19(25)13-35(12-18)28(38)40-21-14-34(15-21)27(37)17(3)29/h9,11,16,18-21,25,30,32H,3-8,10,12-15H2,1-2H3/t18?,19?,20-,25?/m1/s1. The van der Waals surface area contributed by atoms with Crippen LogP contribution in [-0.4, -0.2) is 93.9 Å². The average Bonchev–Trinajstić information content (AvgIpc) is 3.42. The normalized spacial score (nSPS) is 26.6. The number of carbonyl (C=O) groups is 2. The van der Waals surface area contributed by atoms with E-state index in [1.807, 2.05) is 16.8 Å². The van der Waals surface area contributed by atoms with E-state index in [1.165, 1.54) is 4.90 Å². The van der Waals surface area contributed by atoms with Gasteiger partial charge in [0.05, 0.1) is 19.3 Å². The second-order valence-corrected chi connectivity index (χ2v) is 11.8. The van der Waals surface area contributed by atoms with E-state index in [-0.39, 0.29) is 49.1 Å². The van der Waals surface area contributed by atoms with Crippen LogP contribution in [0.3, 0.4) is 0 Å². The van der Waals surface area contributed by atoms with E-state index in [4.69, 9.17) is 14.5 Å². The molecular formula is C28H38FN7O4. The maximum Gasteiger partial charge on any atom is 0.410 e. The largest absolute Gasteiger partial charge is 0.473 e. The van der Waals surface area contributed by atoms with Crippen LogP contribution < -0.4 is 15.4 Å². The summed E-state index contributed by atoms with van der Waals surface area (Å²) in [5.41, 5.74) is 1.87. The highest BCUT2D eigenvalue weighted by molar-refractivity contribution is 5.91. The maximum atomic E-state index is 13.1. The zero-order valence-electron chi connectivity index (χ0n) is 23.1. The van der Waals surface area contributed by atoms with Crippen molar-refractivity contribution in [3.8, 4) is 5.88 Å². The van der Waals surface area contributed by atoms with E-state index in [0.717, 1.165) is 55.8 Å². The Hall–Kier alpha value is -3.41. The molecular weight excluding hydrogens is 517 g/mol. The molecule has 1 saturated carbocycles. The van der Waals surface area contributed by atoms with Crippen molar-refractivity contribution >= 4 is 23.5 Å². The number of nitrogens with one attached hydrogen (secondary N) is 2. The summed E-state index contributed by atoms with van der Waals surface area (Å²) in [7, 11) is 0. The van der Waals surface area contributed by atoms with Crippen molar-refractivity contribution in [3.63, 3.8) is 0 Å². The van der Waals surface area contributed by atoms with Crippen molar-refractivity contribution in [1.29, 1.82) is 0 Å². The van der Waals surface area contributed by atoms with E-state index in [0.29, 0.717) is 19.0 Å². The van der Waals surface area contributed by atoms with Crippen molar-refractivity contribution in [2.45, 2.75) is 63.7 Å². The minimum atomic E-state index is -0.998. The lowest BCUT2D eigenvalue weighted by Crippen LogP contribution is -2.57. The molecule has 4 aliphatic rings. The van der Waals surface area contributed by atoms with E-state index >= 15 is 0 Å². The molecule has 12 heteroatoms. The van der Waals surface area contributed by atoms with Gasteiger partial charge in [0.2, 0.25) is 5.88 Å². The summed E-state index contributed by atoms with van der Waals surface area (Å²) in [5.74, 6) is 0.496. The van der Waals surface area contributed by atoms with Crippen LogP contribution in [0.5, 0.6) is 5.88 Å². The molecule has 1 aliphatic carbocycles. The Morgan fingerprint density at radius 2 is 1.88 bits per heavy atom. The Kier molecular flexibility index (Phi) is 7.28. The number of rotatable bonds is 7. The smallest absolute Gasteiger partial charge is 0.410 e. The third-order valence-electron chi connectivity index (χ3n) is 8.68. The Balaban J connectivity index is 1.13. The first-order valence-corrected chi connectivity index (χ1v) is 14.4. The van der Waals surface area contributed by atoms with Crippen LogP contribution in [0.2, 0.25) is 0 Å². The van der Waals surface area contributed by atoms with Crippen LogP contribution in [-0.2, 0) is 9.53 Å². The zero-order valence-corrected chi connectivity index (χ0v) is 23.1. The third-order valence-corrected chi connectivity index (χ3v) is 8.68. The van der Waals surface area contributed by atoms with Gasteiger partial charge in [0, 0.05) is 37.3 Å². The van der Waals surface area contributed by atoms with Gasteiger partial charge < -0.3 is 29.9 Å². The van der Waals surface area contributed by atoms with Crippen molar-refractivity contribution in [2.75, 3.05) is 44.6 Å². The van der Waals surface area contributed by atoms with E-state index in [9.17, 15) is 14.0 Å². The summed E-state index contributed by atoms with van der Waals surface area (Å²) in [4.78, 5) is 32.5. The molecule has 0 aromatic carbocycles. The van der Waals surface area contributed by atoms with E-state index in [1.54, 1.807) is 4.90 Å². The van der Waals surface area contributed by atoms with Crippen LogP contribution in [0.15, 0.2) is 24.7 Å². The summed E-state index contributed by atoms with van der Waals surface area (Å²) in [6, 6.07) is 2.13. The highest BCUT2D eigenvalue weighted by Crippen LogP contribution is 2.40. The molecule has 0 spiro atoms. The van der Waals surface area contributed by atoms with Gasteiger partial charge in [0.25, 0.3) is 5.91 Å². The summed E-state index contributed by atoms with van der Waals surface area (Å²) < 4.78 is 26.9. The lowest BCUT2D eigenvalue weighted by molar-refractivity contribution is -0.139. The number of amides is 2. The summed E-state index contributed by atoms with van der Waals surface area (Å²) in [6.45, 7) is 10.7. The summed E-state index contributed by atoms with van der Waals surface area (Å²) in [6.07, 6.45) is 5.29. The highest BCUT2D eigenvalue weighted by atomic mass is 19.1. The van der Waals surface area contributed by atoms with Gasteiger partial charge >= 0.3 is 6.09 Å². The van der Waals surface area contributed by atoms with Crippen LogP contribution in [0.25, 0.3) is 5.65 Å². The molecule has 2 aromatic heterocycles. The molecule has 2 unspecified atom stereocenters. The fraction of sp³-hybridized carbons (Fsp3) is 0.643. The molecule has 40 heavy (non-hydrogen) atoms. The fourth-order valence-electron chi connectivity index (χ4n) is 6.46. The van der Waals surface area contributed by atoms with Crippen LogP contribution in [0.1, 0.15) is 51.0 Å². The Labute approximate surface area is 233 Å². The van der Waals surface area contributed by atoms with Crippen molar-refractivity contribution < 1.29 is 23.5 Å². The minimum absolute atomic E-state index is 0.0871. The molecule has 2 aromatic rings. The lowest BCUT2D eigenvalue weighted by Gasteiger charge is -2.41. The van der Waals surface area contributed by atoms with Crippen molar-refractivity contribution in [1.82, 2.24) is 29.7 Å². The van der Waals surface area contributed by atoms with Gasteiger partial charge in [-0.2, -0.15) is 14.6 Å². The Morgan fingerprint density at radius 1 is 1.12 bits per heavy atom. The SMILES string of the molecule is C=C(F)C(=O)N1CC(OC(=O)N2CC3CCC(C2)C3Nc2cc(O[C@@H]3CCCNC3)nc3c(C(C)C)cnn23)C1. The monoisotopic (exact) mass is 555 g/mol. The molecule has 5 heterocycles. The van der Waals surface area contributed by atoms with Crippen LogP contribution >= 0.6 is 0 Å². The van der Waals surface area contributed by atoms with Gasteiger partial charge in [0.1, 0.15) is 18.0 Å². The van der Waals surface area contributed by atoms with Gasteiger partial charge in [-0.3, -0.25) is 4.79 Å². The molecule has 0 radical (unpaired) electrons. The maximum absolute atomic E-state index is 13.1. The number of carbonyl (C=O) groups excluding carboxylic acids is 2. The van der Waals surface area contributed by atoms with Gasteiger partial charge in [-0.15, -0.1) is 0 Å². The Morgan fingerprint density at radius 3 is 2.52 bits per heavy atom. The molecule has 216 valence electrons. The first-order valence-electron chi connectivity index (χ1n) is 14.4.